The van der Waals surface area contributed by atoms with E-state index in [1.54, 1.807) is 45.9 Å². The summed E-state index contributed by atoms with van der Waals surface area (Å²) in [5, 5.41) is 13.1. The molecule has 212 valence electrons. The monoisotopic (exact) mass is 611 g/mol. The third kappa shape index (κ3) is 5.90. The summed E-state index contributed by atoms with van der Waals surface area (Å²) in [5.41, 5.74) is 3.67. The van der Waals surface area contributed by atoms with Gasteiger partial charge in [0.25, 0.3) is 5.91 Å². The second kappa shape index (κ2) is 12.1. The predicted molar refractivity (Wildman–Crippen MR) is 159 cm³/mol. The summed E-state index contributed by atoms with van der Waals surface area (Å²) in [5.74, 6) is 0.367. The van der Waals surface area contributed by atoms with E-state index in [0.717, 1.165) is 29.8 Å². The highest BCUT2D eigenvalue weighted by atomic mass is 35.5. The maximum atomic E-state index is 13.3. The fourth-order valence-electron chi connectivity index (χ4n) is 4.82. The molecule has 2 aromatic carbocycles. The molecule has 5 aromatic rings. The number of benzene rings is 2. The summed E-state index contributed by atoms with van der Waals surface area (Å²) >= 11 is 12.3. The lowest BCUT2D eigenvalue weighted by molar-refractivity contribution is 0.102. The summed E-state index contributed by atoms with van der Waals surface area (Å²) in [6.45, 7) is 3.25. The van der Waals surface area contributed by atoms with E-state index in [9.17, 15) is 9.00 Å². The molecule has 1 atom stereocenters. The molecule has 10 nitrogen and oxygen atoms in total. The Bertz CT molecular complexity index is 1730. The van der Waals surface area contributed by atoms with Crippen molar-refractivity contribution in [2.75, 3.05) is 18.4 Å². The van der Waals surface area contributed by atoms with Gasteiger partial charge in [-0.25, -0.2) is 22.7 Å². The molecule has 1 unspecified atom stereocenters. The zero-order valence-electron chi connectivity index (χ0n) is 22.0. The molecular weight excluding hydrogens is 585 g/mol. The number of carbonyl (C=O) groups is 1. The standard InChI is InChI=1S/C28H25Cl2N7O2S.H2O/c1-18-3-6-21(7-4-18)37-26(33-28(38)22-17-32-36-12-2-11-31-27(22)36)16-24(34-37)19-9-13-35(14-10-19)40(39)25-8-5-20(29)15-23(25)30;/h2-8,11-12,15-17,19H,9-10,13-14H2,1H3,(H,33,38);1H2. The lowest BCUT2D eigenvalue weighted by Gasteiger charge is -2.30. The van der Waals surface area contributed by atoms with E-state index in [0.29, 0.717) is 45.1 Å². The van der Waals surface area contributed by atoms with Gasteiger partial charge in [0.1, 0.15) is 22.4 Å². The number of hydrogen-bond donors (Lipinski definition) is 1. The number of aromatic nitrogens is 5. The SMILES string of the molecule is Cc1ccc(-n2nc(C3CCN(S(=O)c4ccc(Cl)cc4Cl)CC3)cc2NC(=O)c2cnn3cccnc23)cc1.O. The molecule has 3 N–H and O–H groups in total. The fourth-order valence-corrected chi connectivity index (χ4v) is 6.65. The Labute approximate surface area is 248 Å². The Balaban J connectivity index is 0.00000337. The molecule has 3 aromatic heterocycles. The minimum atomic E-state index is -1.38. The number of aryl methyl sites for hydroxylation is 1. The summed E-state index contributed by atoms with van der Waals surface area (Å²) in [7, 11) is -1.38. The van der Waals surface area contributed by atoms with Gasteiger partial charge in [0.05, 0.1) is 27.5 Å². The maximum absolute atomic E-state index is 13.3. The van der Waals surface area contributed by atoms with Crippen molar-refractivity contribution in [2.45, 2.75) is 30.6 Å². The van der Waals surface area contributed by atoms with Crippen LogP contribution in [0.25, 0.3) is 11.3 Å². The smallest absolute Gasteiger partial charge is 0.262 e. The first-order chi connectivity index (χ1) is 19.4. The zero-order chi connectivity index (χ0) is 27.8. The molecule has 4 heterocycles. The van der Waals surface area contributed by atoms with Gasteiger partial charge in [-0.05, 0) is 56.2 Å². The van der Waals surface area contributed by atoms with Crippen molar-refractivity contribution >= 4 is 51.6 Å². The summed E-state index contributed by atoms with van der Waals surface area (Å²) in [4.78, 5) is 18.2. The van der Waals surface area contributed by atoms with Crippen LogP contribution in [0.5, 0.6) is 0 Å². The van der Waals surface area contributed by atoms with Gasteiger partial charge in [-0.3, -0.25) is 4.79 Å². The van der Waals surface area contributed by atoms with Gasteiger partial charge >= 0.3 is 0 Å². The van der Waals surface area contributed by atoms with Gasteiger partial charge in [-0.2, -0.15) is 10.2 Å². The number of amides is 1. The van der Waals surface area contributed by atoms with Crippen LogP contribution in [-0.2, 0) is 11.0 Å². The number of fused-ring (bicyclic) bond motifs is 1. The van der Waals surface area contributed by atoms with E-state index < -0.39 is 11.0 Å². The van der Waals surface area contributed by atoms with E-state index in [1.165, 1.54) is 6.20 Å². The molecule has 0 saturated carbocycles. The number of carbonyl (C=O) groups excluding carboxylic acids is 1. The van der Waals surface area contributed by atoms with Crippen LogP contribution in [0.15, 0.2) is 78.1 Å². The number of halogens is 2. The van der Waals surface area contributed by atoms with E-state index >= 15 is 0 Å². The lowest BCUT2D eigenvalue weighted by atomic mass is 9.95. The molecule has 13 heteroatoms. The van der Waals surface area contributed by atoms with Crippen LogP contribution in [-0.4, -0.2) is 57.4 Å². The van der Waals surface area contributed by atoms with Crippen LogP contribution < -0.4 is 5.32 Å². The highest BCUT2D eigenvalue weighted by molar-refractivity contribution is 7.82. The Hall–Kier alpha value is -3.61. The molecule has 1 aliphatic heterocycles. The summed E-state index contributed by atoms with van der Waals surface area (Å²) < 4.78 is 18.4. The van der Waals surface area contributed by atoms with Crippen LogP contribution in [0.3, 0.4) is 0 Å². The van der Waals surface area contributed by atoms with Gasteiger partial charge in [0, 0.05) is 42.5 Å². The third-order valence-electron chi connectivity index (χ3n) is 6.96. The first-order valence-electron chi connectivity index (χ1n) is 12.8. The Morgan fingerprint density at radius 2 is 1.83 bits per heavy atom. The number of hydrogen-bond acceptors (Lipinski definition) is 5. The second-order valence-corrected chi connectivity index (χ2v) is 11.9. The number of anilines is 1. The Morgan fingerprint density at radius 3 is 2.56 bits per heavy atom. The zero-order valence-corrected chi connectivity index (χ0v) is 24.3. The number of rotatable bonds is 6. The van der Waals surface area contributed by atoms with Gasteiger partial charge in [0.15, 0.2) is 5.65 Å². The molecule has 1 amide bonds. The van der Waals surface area contributed by atoms with Crippen molar-refractivity contribution in [3.63, 3.8) is 0 Å². The normalized spacial score (nSPS) is 15.0. The van der Waals surface area contributed by atoms with Crippen LogP contribution in [0, 0.1) is 6.92 Å². The average Bonchev–Trinajstić information content (AvgIpc) is 3.58. The van der Waals surface area contributed by atoms with Crippen LogP contribution in [0.4, 0.5) is 5.82 Å². The molecule has 1 aliphatic rings. The minimum absolute atomic E-state index is 0. The highest BCUT2D eigenvalue weighted by Crippen LogP contribution is 2.33. The number of nitrogens with zero attached hydrogens (tertiary/aromatic N) is 6. The van der Waals surface area contributed by atoms with Crippen molar-refractivity contribution in [3.8, 4) is 5.69 Å². The van der Waals surface area contributed by atoms with Gasteiger partial charge in [0.2, 0.25) is 0 Å². The quantitative estimate of drug-likeness (QED) is 0.293. The van der Waals surface area contributed by atoms with E-state index in [2.05, 4.69) is 15.4 Å². The van der Waals surface area contributed by atoms with Gasteiger partial charge in [-0.15, -0.1) is 0 Å². The summed E-state index contributed by atoms with van der Waals surface area (Å²) in [6, 6.07) is 16.7. The van der Waals surface area contributed by atoms with Gasteiger partial charge < -0.3 is 10.8 Å². The average molecular weight is 613 g/mol. The summed E-state index contributed by atoms with van der Waals surface area (Å²) in [6.07, 6.45) is 6.39. The largest absolute Gasteiger partial charge is 0.412 e. The molecule has 0 radical (unpaired) electrons. The minimum Gasteiger partial charge on any atom is -0.412 e. The highest BCUT2D eigenvalue weighted by Gasteiger charge is 2.28. The van der Waals surface area contributed by atoms with Crippen molar-refractivity contribution in [1.29, 1.82) is 0 Å². The topological polar surface area (TPSA) is 129 Å². The van der Waals surface area contributed by atoms with Crippen molar-refractivity contribution in [2.24, 2.45) is 0 Å². The van der Waals surface area contributed by atoms with Crippen molar-refractivity contribution in [1.82, 2.24) is 28.7 Å². The van der Waals surface area contributed by atoms with Crippen molar-refractivity contribution < 1.29 is 14.5 Å². The Kier molecular flexibility index (Phi) is 8.52. The number of piperidine rings is 1. The van der Waals surface area contributed by atoms with Crippen LogP contribution >= 0.6 is 23.2 Å². The molecule has 0 aliphatic carbocycles. The first-order valence-corrected chi connectivity index (χ1v) is 14.6. The second-order valence-electron chi connectivity index (χ2n) is 9.63. The maximum Gasteiger partial charge on any atom is 0.262 e. The van der Waals surface area contributed by atoms with E-state index in [1.807, 2.05) is 41.6 Å². The predicted octanol–water partition coefficient (Wildman–Crippen LogP) is 4.86. The molecule has 41 heavy (non-hydrogen) atoms. The molecule has 0 bridgehead atoms. The molecule has 1 fully saturated rings. The van der Waals surface area contributed by atoms with Gasteiger partial charge in [-0.1, -0.05) is 40.9 Å². The van der Waals surface area contributed by atoms with E-state index in [-0.39, 0.29) is 17.3 Å². The molecule has 1 saturated heterocycles. The van der Waals surface area contributed by atoms with Crippen molar-refractivity contribution in [3.05, 3.63) is 100 Å². The molecule has 6 rings (SSSR count). The fraction of sp³-hybridized carbons (Fsp3) is 0.214. The van der Waals surface area contributed by atoms with E-state index in [4.69, 9.17) is 28.3 Å². The third-order valence-corrected chi connectivity index (χ3v) is 9.19. The lowest BCUT2D eigenvalue weighted by Crippen LogP contribution is -2.34. The van der Waals surface area contributed by atoms with Crippen LogP contribution in [0.2, 0.25) is 10.0 Å². The molecule has 0 spiro atoms. The molecular formula is C28H27Cl2N7O3S. The van der Waals surface area contributed by atoms with Crippen LogP contribution in [0.1, 0.15) is 40.4 Å². The first kappa shape index (κ1) is 28.9. The Morgan fingerprint density at radius 1 is 1.07 bits per heavy atom. The number of nitrogens with one attached hydrogen (secondary N) is 1.